The number of nitrogens with zero attached hydrogens (tertiary/aromatic N) is 1. The Morgan fingerprint density at radius 3 is 2.53 bits per heavy atom. The Morgan fingerprint density at radius 1 is 1.37 bits per heavy atom. The van der Waals surface area contributed by atoms with Crippen LogP contribution in [0.4, 0.5) is 0 Å². The van der Waals surface area contributed by atoms with Crippen molar-refractivity contribution in [1.82, 2.24) is 4.90 Å². The van der Waals surface area contributed by atoms with E-state index in [2.05, 4.69) is 0 Å². The van der Waals surface area contributed by atoms with E-state index < -0.39 is 12.0 Å². The van der Waals surface area contributed by atoms with Crippen molar-refractivity contribution in [3.8, 4) is 0 Å². The number of rotatable bonds is 5. The van der Waals surface area contributed by atoms with Crippen LogP contribution in [0, 0.1) is 5.92 Å². The van der Waals surface area contributed by atoms with Gasteiger partial charge in [0.2, 0.25) is 5.91 Å². The van der Waals surface area contributed by atoms with Crippen molar-refractivity contribution in [2.45, 2.75) is 31.7 Å². The summed E-state index contributed by atoms with van der Waals surface area (Å²) in [5.74, 6) is -0.790. The van der Waals surface area contributed by atoms with Gasteiger partial charge in [-0.1, -0.05) is 37.3 Å². The van der Waals surface area contributed by atoms with E-state index >= 15 is 0 Å². The van der Waals surface area contributed by atoms with E-state index in [1.807, 2.05) is 30.3 Å². The van der Waals surface area contributed by atoms with Gasteiger partial charge in [0, 0.05) is 13.0 Å². The van der Waals surface area contributed by atoms with Crippen LogP contribution in [-0.4, -0.2) is 35.0 Å². The molecule has 0 saturated heterocycles. The maximum Gasteiger partial charge on any atom is 0.326 e. The second-order valence-corrected chi connectivity index (χ2v) is 5.07. The molecular formula is C15H19NO3. The standard InChI is InChI=1S/C15H19NO3/c1-3-13(15(18)19)16(2)14(17)12-9-11(12)10-7-5-4-6-8-10/h4-8,11-13H,3,9H2,1-2H3,(H,18,19). The fraction of sp³-hybridized carbons (Fsp3) is 0.467. The van der Waals surface area contributed by atoms with Gasteiger partial charge in [-0.2, -0.15) is 0 Å². The van der Waals surface area contributed by atoms with Gasteiger partial charge in [-0.25, -0.2) is 4.79 Å². The Morgan fingerprint density at radius 2 is 2.00 bits per heavy atom. The van der Waals surface area contributed by atoms with Crippen LogP contribution in [0.15, 0.2) is 30.3 Å². The maximum absolute atomic E-state index is 12.3. The Labute approximate surface area is 113 Å². The smallest absolute Gasteiger partial charge is 0.326 e. The Balaban J connectivity index is 2.01. The summed E-state index contributed by atoms with van der Waals surface area (Å²) in [5, 5.41) is 9.08. The topological polar surface area (TPSA) is 57.6 Å². The third kappa shape index (κ3) is 2.78. The minimum Gasteiger partial charge on any atom is -0.480 e. The zero-order chi connectivity index (χ0) is 14.0. The highest BCUT2D eigenvalue weighted by atomic mass is 16.4. The molecule has 0 heterocycles. The minimum absolute atomic E-state index is 0.0527. The number of carboxylic acids is 1. The number of amides is 1. The van der Waals surface area contributed by atoms with Crippen LogP contribution in [0.25, 0.3) is 0 Å². The Kier molecular flexibility index (Phi) is 3.88. The monoisotopic (exact) mass is 261 g/mol. The number of hydrogen-bond acceptors (Lipinski definition) is 2. The lowest BCUT2D eigenvalue weighted by molar-refractivity contribution is -0.149. The van der Waals surface area contributed by atoms with E-state index in [0.29, 0.717) is 6.42 Å². The number of aliphatic carboxylic acids is 1. The predicted molar refractivity (Wildman–Crippen MR) is 71.8 cm³/mol. The number of carboxylic acid groups (broad SMARTS) is 1. The number of carbonyl (C=O) groups is 2. The molecule has 1 N–H and O–H groups in total. The molecule has 3 atom stereocenters. The fourth-order valence-corrected chi connectivity index (χ4v) is 2.57. The second-order valence-electron chi connectivity index (χ2n) is 5.07. The van der Waals surface area contributed by atoms with Gasteiger partial charge < -0.3 is 10.0 Å². The zero-order valence-corrected chi connectivity index (χ0v) is 11.2. The molecule has 1 aliphatic rings. The first-order valence-corrected chi connectivity index (χ1v) is 6.60. The van der Waals surface area contributed by atoms with Crippen LogP contribution in [0.1, 0.15) is 31.2 Å². The zero-order valence-electron chi connectivity index (χ0n) is 11.2. The summed E-state index contributed by atoms with van der Waals surface area (Å²) in [6.45, 7) is 1.78. The summed E-state index contributed by atoms with van der Waals surface area (Å²) < 4.78 is 0. The second kappa shape index (κ2) is 5.43. The van der Waals surface area contributed by atoms with Crippen LogP contribution in [0.2, 0.25) is 0 Å². The van der Waals surface area contributed by atoms with E-state index in [1.54, 1.807) is 14.0 Å². The number of hydrogen-bond donors (Lipinski definition) is 1. The predicted octanol–water partition coefficient (Wildman–Crippen LogP) is 2.11. The van der Waals surface area contributed by atoms with Gasteiger partial charge in [0.15, 0.2) is 0 Å². The highest BCUT2D eigenvalue weighted by molar-refractivity contribution is 5.87. The SMILES string of the molecule is CCC(C(=O)O)N(C)C(=O)C1CC1c1ccccc1. The van der Waals surface area contributed by atoms with Crippen molar-refractivity contribution in [2.75, 3.05) is 7.05 Å². The number of benzene rings is 1. The van der Waals surface area contributed by atoms with E-state index in [0.717, 1.165) is 12.0 Å². The Hall–Kier alpha value is -1.84. The molecule has 1 saturated carbocycles. The molecule has 102 valence electrons. The third-order valence-corrected chi connectivity index (χ3v) is 3.82. The van der Waals surface area contributed by atoms with Crippen LogP contribution < -0.4 is 0 Å². The summed E-state index contributed by atoms with van der Waals surface area (Å²) in [7, 11) is 1.59. The summed E-state index contributed by atoms with van der Waals surface area (Å²) in [6.07, 6.45) is 1.25. The molecule has 19 heavy (non-hydrogen) atoms. The van der Waals surface area contributed by atoms with E-state index in [1.165, 1.54) is 4.90 Å². The van der Waals surface area contributed by atoms with E-state index in [9.17, 15) is 9.59 Å². The van der Waals surface area contributed by atoms with Gasteiger partial charge in [0.25, 0.3) is 0 Å². The van der Waals surface area contributed by atoms with Crippen LogP contribution in [0.3, 0.4) is 0 Å². The van der Waals surface area contributed by atoms with Gasteiger partial charge in [0.05, 0.1) is 0 Å². The first-order chi connectivity index (χ1) is 9.06. The highest BCUT2D eigenvalue weighted by Crippen LogP contribution is 2.48. The first kappa shape index (κ1) is 13.6. The lowest BCUT2D eigenvalue weighted by Crippen LogP contribution is -2.42. The van der Waals surface area contributed by atoms with Crippen molar-refractivity contribution in [2.24, 2.45) is 5.92 Å². The van der Waals surface area contributed by atoms with Gasteiger partial charge in [-0.15, -0.1) is 0 Å². The molecule has 1 aliphatic carbocycles. The summed E-state index contributed by atoms with van der Waals surface area (Å²) in [6, 6.07) is 9.20. The minimum atomic E-state index is -0.935. The van der Waals surface area contributed by atoms with Crippen molar-refractivity contribution in [3.05, 3.63) is 35.9 Å². The molecule has 1 aromatic carbocycles. The maximum atomic E-state index is 12.3. The average molecular weight is 261 g/mol. The number of likely N-dealkylation sites (N-methyl/N-ethyl adjacent to an activating group) is 1. The van der Waals surface area contributed by atoms with Crippen LogP contribution >= 0.6 is 0 Å². The largest absolute Gasteiger partial charge is 0.480 e. The molecule has 2 rings (SSSR count). The molecule has 0 spiro atoms. The molecule has 4 heteroatoms. The van der Waals surface area contributed by atoms with Gasteiger partial charge in [-0.05, 0) is 24.3 Å². The van der Waals surface area contributed by atoms with Crippen LogP contribution in [0.5, 0.6) is 0 Å². The molecule has 3 unspecified atom stereocenters. The Bertz CT molecular complexity index is 472. The van der Waals surface area contributed by atoms with Crippen molar-refractivity contribution >= 4 is 11.9 Å². The van der Waals surface area contributed by atoms with Gasteiger partial charge in [-0.3, -0.25) is 4.79 Å². The average Bonchev–Trinajstić information content (AvgIpc) is 3.19. The first-order valence-electron chi connectivity index (χ1n) is 6.60. The lowest BCUT2D eigenvalue weighted by atomic mass is 10.1. The van der Waals surface area contributed by atoms with E-state index in [-0.39, 0.29) is 17.7 Å². The quantitative estimate of drug-likeness (QED) is 0.883. The molecule has 0 radical (unpaired) electrons. The van der Waals surface area contributed by atoms with Crippen LogP contribution in [-0.2, 0) is 9.59 Å². The third-order valence-electron chi connectivity index (χ3n) is 3.82. The van der Waals surface area contributed by atoms with E-state index in [4.69, 9.17) is 5.11 Å². The molecule has 1 aromatic rings. The van der Waals surface area contributed by atoms with Crippen molar-refractivity contribution in [3.63, 3.8) is 0 Å². The molecular weight excluding hydrogens is 242 g/mol. The summed E-state index contributed by atoms with van der Waals surface area (Å²) in [5.41, 5.74) is 1.16. The number of carbonyl (C=O) groups excluding carboxylic acids is 1. The summed E-state index contributed by atoms with van der Waals surface area (Å²) in [4.78, 5) is 24.7. The molecule has 4 nitrogen and oxygen atoms in total. The molecule has 0 aromatic heterocycles. The molecule has 0 bridgehead atoms. The molecule has 1 fully saturated rings. The lowest BCUT2D eigenvalue weighted by Gasteiger charge is -2.24. The van der Waals surface area contributed by atoms with Crippen molar-refractivity contribution in [1.29, 1.82) is 0 Å². The molecule has 1 amide bonds. The molecule has 0 aliphatic heterocycles. The van der Waals surface area contributed by atoms with Gasteiger partial charge >= 0.3 is 5.97 Å². The van der Waals surface area contributed by atoms with Crippen molar-refractivity contribution < 1.29 is 14.7 Å². The highest BCUT2D eigenvalue weighted by Gasteiger charge is 2.46. The van der Waals surface area contributed by atoms with Gasteiger partial charge in [0.1, 0.15) is 6.04 Å². The fourth-order valence-electron chi connectivity index (χ4n) is 2.57. The normalized spacial score (nSPS) is 22.6. The summed E-state index contributed by atoms with van der Waals surface area (Å²) >= 11 is 0.